The molecule has 1 saturated carbocycles. The molecule has 0 aromatic heterocycles. The molecule has 0 bridgehead atoms. The van der Waals surface area contributed by atoms with E-state index >= 15 is 0 Å². The second kappa shape index (κ2) is 10.3. The molecule has 0 spiro atoms. The first-order chi connectivity index (χ1) is 14.4. The predicted octanol–water partition coefficient (Wildman–Crippen LogP) is 4.37. The van der Waals surface area contributed by atoms with Crippen LogP contribution in [-0.4, -0.2) is 28.8 Å². The van der Waals surface area contributed by atoms with Crippen LogP contribution in [0.15, 0.2) is 48.5 Å². The van der Waals surface area contributed by atoms with Crippen molar-refractivity contribution in [2.75, 3.05) is 0 Å². The van der Waals surface area contributed by atoms with Crippen molar-refractivity contribution in [3.8, 4) is 0 Å². The van der Waals surface area contributed by atoms with Gasteiger partial charge >= 0.3 is 0 Å². The van der Waals surface area contributed by atoms with E-state index in [1.54, 1.807) is 31.2 Å². The van der Waals surface area contributed by atoms with Crippen LogP contribution in [0.25, 0.3) is 0 Å². The Morgan fingerprint density at radius 2 is 1.47 bits per heavy atom. The lowest BCUT2D eigenvalue weighted by molar-refractivity contribution is -0.140. The van der Waals surface area contributed by atoms with Crippen molar-refractivity contribution in [3.05, 3.63) is 71.3 Å². The first-order valence-corrected chi connectivity index (χ1v) is 10.5. The summed E-state index contributed by atoms with van der Waals surface area (Å²) in [5.74, 6) is -1.14. The molecule has 4 nitrogen and oxygen atoms in total. The lowest BCUT2D eigenvalue weighted by Crippen LogP contribution is -2.50. The molecule has 1 atom stereocenters. The number of carbonyl (C=O) groups excluding carboxylic acids is 2. The molecule has 6 heteroatoms. The van der Waals surface area contributed by atoms with Gasteiger partial charge in [-0.05, 0) is 55.2 Å². The first-order valence-electron chi connectivity index (χ1n) is 10.5. The molecule has 2 aromatic carbocycles. The molecule has 3 rings (SSSR count). The number of nitrogens with one attached hydrogen (secondary N) is 1. The van der Waals surface area contributed by atoms with E-state index in [-0.39, 0.29) is 42.5 Å². The van der Waals surface area contributed by atoms with Crippen LogP contribution in [0, 0.1) is 11.6 Å². The minimum atomic E-state index is -0.676. The lowest BCUT2D eigenvalue weighted by Gasteiger charge is -2.31. The number of halogens is 2. The Kier molecular flexibility index (Phi) is 7.55. The van der Waals surface area contributed by atoms with Crippen LogP contribution < -0.4 is 5.32 Å². The minimum Gasteiger partial charge on any atom is -0.352 e. The van der Waals surface area contributed by atoms with E-state index in [2.05, 4.69) is 5.32 Å². The van der Waals surface area contributed by atoms with Crippen molar-refractivity contribution in [3.63, 3.8) is 0 Å². The summed E-state index contributed by atoms with van der Waals surface area (Å²) in [5.41, 5.74) is 1.41. The zero-order valence-corrected chi connectivity index (χ0v) is 17.2. The van der Waals surface area contributed by atoms with E-state index < -0.39 is 6.04 Å². The van der Waals surface area contributed by atoms with Crippen molar-refractivity contribution < 1.29 is 18.4 Å². The van der Waals surface area contributed by atoms with E-state index in [0.29, 0.717) is 5.56 Å². The van der Waals surface area contributed by atoms with Gasteiger partial charge in [-0.1, -0.05) is 43.5 Å². The third kappa shape index (κ3) is 6.12. The zero-order valence-electron chi connectivity index (χ0n) is 17.2. The van der Waals surface area contributed by atoms with E-state index in [1.165, 1.54) is 35.6 Å². The Morgan fingerprint density at radius 1 is 0.933 bits per heavy atom. The Morgan fingerprint density at radius 3 is 2.03 bits per heavy atom. The van der Waals surface area contributed by atoms with E-state index in [1.807, 2.05) is 0 Å². The molecule has 2 amide bonds. The molecule has 0 heterocycles. The molecule has 30 heavy (non-hydrogen) atoms. The summed E-state index contributed by atoms with van der Waals surface area (Å²) in [6.07, 6.45) is 5.36. The van der Waals surface area contributed by atoms with Crippen LogP contribution >= 0.6 is 0 Å². The summed E-state index contributed by atoms with van der Waals surface area (Å²) >= 11 is 0. The highest BCUT2D eigenvalue weighted by Crippen LogP contribution is 2.19. The van der Waals surface area contributed by atoms with Crippen molar-refractivity contribution in [2.45, 2.75) is 64.1 Å². The first kappa shape index (κ1) is 21.9. The van der Waals surface area contributed by atoms with Crippen molar-refractivity contribution in [1.29, 1.82) is 0 Å². The van der Waals surface area contributed by atoms with Crippen molar-refractivity contribution >= 4 is 11.8 Å². The molecular weight excluding hydrogens is 386 g/mol. The monoisotopic (exact) mass is 414 g/mol. The molecule has 1 aliphatic carbocycles. The van der Waals surface area contributed by atoms with Gasteiger partial charge in [0.25, 0.3) is 0 Å². The number of hydrogen-bond donors (Lipinski definition) is 1. The number of nitrogens with zero attached hydrogens (tertiary/aromatic N) is 1. The second-order valence-electron chi connectivity index (χ2n) is 7.97. The van der Waals surface area contributed by atoms with Gasteiger partial charge in [0, 0.05) is 12.6 Å². The van der Waals surface area contributed by atoms with Gasteiger partial charge in [0.2, 0.25) is 11.8 Å². The third-order valence-electron chi connectivity index (χ3n) is 5.65. The lowest BCUT2D eigenvalue weighted by atomic mass is 9.95. The van der Waals surface area contributed by atoms with Gasteiger partial charge in [0.1, 0.15) is 17.7 Å². The fourth-order valence-corrected chi connectivity index (χ4v) is 3.82. The van der Waals surface area contributed by atoms with Gasteiger partial charge in [-0.3, -0.25) is 9.59 Å². The van der Waals surface area contributed by atoms with Crippen molar-refractivity contribution in [1.82, 2.24) is 10.2 Å². The number of hydrogen-bond acceptors (Lipinski definition) is 2. The SMILES string of the molecule is C[C@@H](C(=O)NC1CCCCC1)N(Cc1ccc(F)cc1)C(=O)Cc1ccc(F)cc1. The maximum atomic E-state index is 13.3. The Hall–Kier alpha value is -2.76. The zero-order chi connectivity index (χ0) is 21.5. The van der Waals surface area contributed by atoms with Gasteiger partial charge in [0.05, 0.1) is 6.42 Å². The van der Waals surface area contributed by atoms with Crippen LogP contribution in [0.2, 0.25) is 0 Å². The van der Waals surface area contributed by atoms with E-state index in [0.717, 1.165) is 31.2 Å². The molecule has 0 unspecified atom stereocenters. The largest absolute Gasteiger partial charge is 0.352 e. The summed E-state index contributed by atoms with van der Waals surface area (Å²) in [6.45, 7) is 1.91. The minimum absolute atomic E-state index is 0.0581. The average Bonchev–Trinajstić information content (AvgIpc) is 2.75. The smallest absolute Gasteiger partial charge is 0.242 e. The maximum absolute atomic E-state index is 13.3. The Bertz CT molecular complexity index is 847. The number of carbonyl (C=O) groups is 2. The Labute approximate surface area is 176 Å². The summed E-state index contributed by atoms with van der Waals surface area (Å²) < 4.78 is 26.5. The molecule has 160 valence electrons. The van der Waals surface area contributed by atoms with Gasteiger partial charge in [0.15, 0.2) is 0 Å². The van der Waals surface area contributed by atoms with E-state index in [4.69, 9.17) is 0 Å². The summed E-state index contributed by atoms with van der Waals surface area (Å²) in [5, 5.41) is 3.08. The number of rotatable bonds is 7. The molecule has 1 aliphatic rings. The fourth-order valence-electron chi connectivity index (χ4n) is 3.82. The van der Waals surface area contributed by atoms with Gasteiger partial charge in [-0.15, -0.1) is 0 Å². The normalized spacial score (nSPS) is 15.4. The molecular formula is C24H28F2N2O2. The molecule has 2 aromatic rings. The highest BCUT2D eigenvalue weighted by atomic mass is 19.1. The molecule has 1 fully saturated rings. The van der Waals surface area contributed by atoms with Crippen LogP contribution in [0.4, 0.5) is 8.78 Å². The third-order valence-corrected chi connectivity index (χ3v) is 5.65. The topological polar surface area (TPSA) is 49.4 Å². The summed E-state index contributed by atoms with van der Waals surface area (Å²) in [7, 11) is 0. The molecule has 0 saturated heterocycles. The van der Waals surface area contributed by atoms with Gasteiger partial charge < -0.3 is 10.2 Å². The summed E-state index contributed by atoms with van der Waals surface area (Å²) in [4.78, 5) is 27.5. The Balaban J connectivity index is 1.74. The quantitative estimate of drug-likeness (QED) is 0.731. The molecule has 0 aliphatic heterocycles. The fraction of sp³-hybridized carbons (Fsp3) is 0.417. The number of amides is 2. The average molecular weight is 414 g/mol. The van der Waals surface area contributed by atoms with Gasteiger partial charge in [-0.25, -0.2) is 8.78 Å². The predicted molar refractivity (Wildman–Crippen MR) is 112 cm³/mol. The summed E-state index contributed by atoms with van der Waals surface area (Å²) in [6, 6.07) is 11.1. The molecule has 1 N–H and O–H groups in total. The van der Waals surface area contributed by atoms with E-state index in [9.17, 15) is 18.4 Å². The highest BCUT2D eigenvalue weighted by Gasteiger charge is 2.28. The van der Waals surface area contributed by atoms with Gasteiger partial charge in [-0.2, -0.15) is 0 Å². The maximum Gasteiger partial charge on any atom is 0.242 e. The van der Waals surface area contributed by atoms with Crippen molar-refractivity contribution in [2.24, 2.45) is 0 Å². The van der Waals surface area contributed by atoms with Crippen LogP contribution in [-0.2, 0) is 22.6 Å². The van der Waals surface area contributed by atoms with Crippen LogP contribution in [0.5, 0.6) is 0 Å². The van der Waals surface area contributed by atoms with Crippen LogP contribution in [0.3, 0.4) is 0 Å². The van der Waals surface area contributed by atoms with Crippen LogP contribution in [0.1, 0.15) is 50.2 Å². The number of benzene rings is 2. The highest BCUT2D eigenvalue weighted by molar-refractivity contribution is 5.88. The second-order valence-corrected chi connectivity index (χ2v) is 7.97. The molecule has 0 radical (unpaired) electrons. The standard InChI is InChI=1S/C24H28F2N2O2/c1-17(24(30)27-22-5-3-2-4-6-22)28(16-19-9-13-21(26)14-10-19)23(29)15-18-7-11-20(25)12-8-18/h7-14,17,22H,2-6,15-16H2,1H3,(H,27,30)/t17-/m0/s1.